The van der Waals surface area contributed by atoms with Gasteiger partial charge < -0.3 is 0 Å². The van der Waals surface area contributed by atoms with Crippen molar-refractivity contribution in [2.24, 2.45) is 0 Å². The molecule has 0 spiro atoms. The van der Waals surface area contributed by atoms with Gasteiger partial charge in [-0.25, -0.2) is 0 Å². The summed E-state index contributed by atoms with van der Waals surface area (Å²) in [6, 6.07) is 0.913. The Bertz CT molecular complexity index is 68.9. The van der Waals surface area contributed by atoms with E-state index in [1.807, 2.05) is 6.55 Å². The van der Waals surface area contributed by atoms with E-state index in [4.69, 9.17) is 22.2 Å². The fraction of sp³-hybridized carbons (Fsp3) is 1.00. The number of rotatable bonds is 2. The van der Waals surface area contributed by atoms with Crippen molar-refractivity contribution >= 4 is 44.8 Å². The molecular formula is C4H9BrCl2Si. The average molecular weight is 236 g/mol. The molecule has 0 saturated heterocycles. The van der Waals surface area contributed by atoms with Gasteiger partial charge >= 0.3 is 0 Å². The van der Waals surface area contributed by atoms with E-state index in [-0.39, 0.29) is 0 Å². The summed E-state index contributed by atoms with van der Waals surface area (Å²) in [4.78, 5) is 0.453. The Morgan fingerprint density at radius 2 is 2.00 bits per heavy atom. The molecule has 0 saturated carbocycles. The molecule has 0 heterocycles. The lowest BCUT2D eigenvalue weighted by atomic mass is 10.6. The maximum Gasteiger partial charge on any atom is 0.249 e. The minimum Gasteiger partial charge on any atom is -0.146 e. The molecule has 0 aromatic heterocycles. The number of hydrogen-bond acceptors (Lipinski definition) is 0. The predicted molar refractivity (Wildman–Crippen MR) is 46.5 cm³/mol. The number of alkyl halides is 1. The van der Waals surface area contributed by atoms with Gasteiger partial charge in [-0.2, -0.15) is 0 Å². The van der Waals surface area contributed by atoms with Gasteiger partial charge in [0.2, 0.25) is 6.69 Å². The van der Waals surface area contributed by atoms with E-state index < -0.39 is 6.69 Å². The van der Waals surface area contributed by atoms with Crippen LogP contribution in [0.3, 0.4) is 0 Å². The summed E-state index contributed by atoms with van der Waals surface area (Å²) < 4.78 is 0. The molecule has 0 rings (SSSR count). The first-order valence-corrected chi connectivity index (χ1v) is 8.08. The summed E-state index contributed by atoms with van der Waals surface area (Å²) in [5, 5.41) is 0. The third-order valence-corrected chi connectivity index (χ3v) is 3.82. The van der Waals surface area contributed by atoms with Crippen molar-refractivity contribution in [3.63, 3.8) is 0 Å². The van der Waals surface area contributed by atoms with Gasteiger partial charge in [0.15, 0.2) is 0 Å². The quantitative estimate of drug-likeness (QED) is 0.392. The van der Waals surface area contributed by atoms with Crippen molar-refractivity contribution in [3.05, 3.63) is 0 Å². The van der Waals surface area contributed by atoms with E-state index in [1.165, 1.54) is 0 Å². The van der Waals surface area contributed by atoms with Crippen LogP contribution in [0.2, 0.25) is 12.6 Å². The summed E-state index contributed by atoms with van der Waals surface area (Å²) in [7, 11) is 0. The molecule has 0 bridgehead atoms. The standard InChI is InChI=1S/C4H9BrCl2Si/c1-4(5)3-8(2,6)7/h4H,3H2,1-2H3. The van der Waals surface area contributed by atoms with E-state index >= 15 is 0 Å². The van der Waals surface area contributed by atoms with Crippen LogP contribution in [0.15, 0.2) is 0 Å². The first-order valence-electron chi connectivity index (χ1n) is 2.44. The smallest absolute Gasteiger partial charge is 0.146 e. The first kappa shape index (κ1) is 9.28. The molecule has 50 valence electrons. The van der Waals surface area contributed by atoms with Gasteiger partial charge in [0.1, 0.15) is 0 Å². The van der Waals surface area contributed by atoms with Gasteiger partial charge in [-0.1, -0.05) is 22.9 Å². The Morgan fingerprint density at radius 3 is 2.00 bits per heavy atom. The normalized spacial score (nSPS) is 16.1. The molecule has 1 atom stereocenters. The summed E-state index contributed by atoms with van der Waals surface area (Å²) in [6.07, 6.45) is 0. The Labute approximate surface area is 69.1 Å². The molecule has 1 unspecified atom stereocenters. The van der Waals surface area contributed by atoms with Gasteiger partial charge in [-0.05, 0) is 12.6 Å². The lowest BCUT2D eigenvalue weighted by molar-refractivity contribution is 1.11. The topological polar surface area (TPSA) is 0 Å². The zero-order chi connectivity index (χ0) is 6.78. The molecule has 0 aliphatic rings. The largest absolute Gasteiger partial charge is 0.249 e. The molecule has 0 amide bonds. The van der Waals surface area contributed by atoms with Gasteiger partial charge in [0.25, 0.3) is 0 Å². The second-order valence-corrected chi connectivity index (χ2v) is 11.8. The fourth-order valence-electron chi connectivity index (χ4n) is 0.494. The number of halogens is 3. The Morgan fingerprint density at radius 1 is 1.62 bits per heavy atom. The Kier molecular flexibility index (Phi) is 4.00. The predicted octanol–water partition coefficient (Wildman–Crippen LogP) is 3.32. The highest BCUT2D eigenvalue weighted by Gasteiger charge is 2.22. The average Bonchev–Trinajstić information content (AvgIpc) is 1.21. The van der Waals surface area contributed by atoms with Crippen LogP contribution in [-0.4, -0.2) is 11.5 Å². The van der Waals surface area contributed by atoms with Crippen LogP contribution in [0.25, 0.3) is 0 Å². The summed E-state index contributed by atoms with van der Waals surface area (Å²) in [5.74, 6) is 0. The number of hydrogen-bond donors (Lipinski definition) is 0. The summed E-state index contributed by atoms with van der Waals surface area (Å²) in [5.41, 5.74) is 0. The van der Waals surface area contributed by atoms with Gasteiger partial charge in [-0.15, -0.1) is 22.2 Å². The molecule has 0 aliphatic heterocycles. The highest BCUT2D eigenvalue weighted by Crippen LogP contribution is 2.24. The molecule has 8 heavy (non-hydrogen) atoms. The molecule has 0 aliphatic carbocycles. The van der Waals surface area contributed by atoms with Crippen LogP contribution in [0.4, 0.5) is 0 Å². The molecule has 0 aromatic carbocycles. The zero-order valence-electron chi connectivity index (χ0n) is 4.92. The highest BCUT2D eigenvalue weighted by molar-refractivity contribution is 9.09. The van der Waals surface area contributed by atoms with E-state index in [2.05, 4.69) is 22.9 Å². The third-order valence-electron chi connectivity index (χ3n) is 0.640. The molecular weight excluding hydrogens is 227 g/mol. The zero-order valence-corrected chi connectivity index (χ0v) is 9.02. The van der Waals surface area contributed by atoms with Gasteiger partial charge in [0.05, 0.1) is 0 Å². The van der Waals surface area contributed by atoms with Crippen LogP contribution in [-0.2, 0) is 0 Å². The molecule has 0 radical (unpaired) electrons. The molecule has 0 aromatic rings. The lowest BCUT2D eigenvalue weighted by Gasteiger charge is -2.10. The van der Waals surface area contributed by atoms with Gasteiger partial charge in [-0.3, -0.25) is 0 Å². The SMILES string of the molecule is CC(Br)C[Si](C)(Cl)Cl. The first-order chi connectivity index (χ1) is 3.42. The van der Waals surface area contributed by atoms with Crippen molar-refractivity contribution in [2.45, 2.75) is 24.3 Å². The summed E-state index contributed by atoms with van der Waals surface area (Å²) in [6.45, 7) is 2.15. The molecule has 0 N–H and O–H groups in total. The third kappa shape index (κ3) is 7.28. The van der Waals surface area contributed by atoms with Gasteiger partial charge in [0, 0.05) is 4.83 Å². The van der Waals surface area contributed by atoms with E-state index in [1.54, 1.807) is 0 Å². The van der Waals surface area contributed by atoms with Crippen LogP contribution >= 0.6 is 38.1 Å². The maximum absolute atomic E-state index is 5.80. The van der Waals surface area contributed by atoms with E-state index in [9.17, 15) is 0 Å². The fourth-order valence-corrected chi connectivity index (χ4v) is 5.93. The van der Waals surface area contributed by atoms with Crippen molar-refractivity contribution in [3.8, 4) is 0 Å². The molecule has 4 heteroatoms. The minimum absolute atomic E-state index is 0.453. The lowest BCUT2D eigenvalue weighted by Crippen LogP contribution is -2.16. The summed E-state index contributed by atoms with van der Waals surface area (Å²) >= 11 is 15.0. The van der Waals surface area contributed by atoms with Crippen molar-refractivity contribution in [1.82, 2.24) is 0 Å². The van der Waals surface area contributed by atoms with Crippen molar-refractivity contribution < 1.29 is 0 Å². The monoisotopic (exact) mass is 234 g/mol. The van der Waals surface area contributed by atoms with E-state index in [0.717, 1.165) is 6.04 Å². The van der Waals surface area contributed by atoms with Crippen LogP contribution in [0.1, 0.15) is 6.92 Å². The maximum atomic E-state index is 5.80. The second-order valence-electron chi connectivity index (χ2n) is 2.06. The second kappa shape index (κ2) is 3.45. The minimum atomic E-state index is -1.82. The molecule has 0 fully saturated rings. The highest BCUT2D eigenvalue weighted by atomic mass is 79.9. The van der Waals surface area contributed by atoms with Crippen LogP contribution < -0.4 is 0 Å². The van der Waals surface area contributed by atoms with Crippen molar-refractivity contribution in [1.29, 1.82) is 0 Å². The van der Waals surface area contributed by atoms with Crippen LogP contribution in [0.5, 0.6) is 0 Å². The van der Waals surface area contributed by atoms with E-state index in [0.29, 0.717) is 4.83 Å². The Hall–Kier alpha value is 1.28. The molecule has 0 nitrogen and oxygen atoms in total. The van der Waals surface area contributed by atoms with Crippen LogP contribution in [0, 0.1) is 0 Å². The van der Waals surface area contributed by atoms with Crippen molar-refractivity contribution in [2.75, 3.05) is 0 Å². The Balaban J connectivity index is 3.39.